The molecule has 1 aliphatic heterocycles. The fraction of sp³-hybridized carbons (Fsp3) is 0.579. The molecule has 4 nitrogen and oxygen atoms in total. The van der Waals surface area contributed by atoms with Gasteiger partial charge in [0.2, 0.25) is 11.8 Å². The summed E-state index contributed by atoms with van der Waals surface area (Å²) in [7, 11) is 0. The number of likely N-dealkylation sites (tertiary alicyclic amines) is 1. The topological polar surface area (TPSA) is 49.4 Å². The Balaban J connectivity index is 1.59. The van der Waals surface area contributed by atoms with Gasteiger partial charge in [0.15, 0.2) is 0 Å². The number of amides is 2. The lowest BCUT2D eigenvalue weighted by molar-refractivity contribution is -0.130. The minimum Gasteiger partial charge on any atom is -0.353 e. The first-order valence-corrected chi connectivity index (χ1v) is 8.80. The summed E-state index contributed by atoms with van der Waals surface area (Å²) in [6, 6.07) is 10.4. The summed E-state index contributed by atoms with van der Waals surface area (Å²) in [6.45, 7) is 2.57. The summed E-state index contributed by atoms with van der Waals surface area (Å²) in [5.74, 6) is -0.0475. The molecule has 0 bridgehead atoms. The molecule has 3 rings (SSSR count). The van der Waals surface area contributed by atoms with E-state index in [2.05, 4.69) is 5.32 Å². The Morgan fingerprint density at radius 2 is 1.87 bits per heavy atom. The molecule has 2 aliphatic rings. The van der Waals surface area contributed by atoms with Crippen LogP contribution in [0.3, 0.4) is 0 Å². The van der Waals surface area contributed by atoms with Crippen molar-refractivity contribution in [2.24, 2.45) is 5.92 Å². The molecule has 2 amide bonds. The first kappa shape index (κ1) is 16.0. The van der Waals surface area contributed by atoms with Crippen LogP contribution < -0.4 is 5.32 Å². The zero-order valence-corrected chi connectivity index (χ0v) is 13.8. The number of benzene rings is 1. The van der Waals surface area contributed by atoms with Gasteiger partial charge in [0, 0.05) is 19.0 Å². The number of nitrogens with zero attached hydrogens (tertiary/aromatic N) is 1. The summed E-state index contributed by atoms with van der Waals surface area (Å²) in [4.78, 5) is 26.7. The predicted octanol–water partition coefficient (Wildman–Crippen LogP) is 3.05. The molecular weight excluding hydrogens is 288 g/mol. The monoisotopic (exact) mass is 314 g/mol. The molecule has 0 aromatic heterocycles. The molecule has 4 heteroatoms. The van der Waals surface area contributed by atoms with Crippen molar-refractivity contribution in [2.45, 2.75) is 57.5 Å². The van der Waals surface area contributed by atoms with Crippen molar-refractivity contribution in [2.75, 3.05) is 6.54 Å². The van der Waals surface area contributed by atoms with Gasteiger partial charge in [0.05, 0.1) is 12.0 Å². The van der Waals surface area contributed by atoms with Gasteiger partial charge in [0.1, 0.15) is 0 Å². The van der Waals surface area contributed by atoms with Crippen LogP contribution in [0.4, 0.5) is 0 Å². The number of carbonyl (C=O) groups excluding carboxylic acids is 2. The van der Waals surface area contributed by atoms with Crippen LogP contribution in [0.1, 0.15) is 57.1 Å². The van der Waals surface area contributed by atoms with Gasteiger partial charge in [-0.15, -0.1) is 0 Å². The Morgan fingerprint density at radius 3 is 2.57 bits per heavy atom. The van der Waals surface area contributed by atoms with Gasteiger partial charge in [-0.25, -0.2) is 0 Å². The molecule has 1 N–H and O–H groups in total. The maximum Gasteiger partial charge on any atom is 0.225 e. The molecule has 1 aromatic rings. The number of hydrogen-bond donors (Lipinski definition) is 1. The Hall–Kier alpha value is -1.84. The lowest BCUT2D eigenvalue weighted by Gasteiger charge is -2.26. The van der Waals surface area contributed by atoms with Crippen LogP contribution in [-0.4, -0.2) is 29.3 Å². The predicted molar refractivity (Wildman–Crippen MR) is 89.7 cm³/mol. The highest BCUT2D eigenvalue weighted by Crippen LogP contribution is 2.29. The van der Waals surface area contributed by atoms with Crippen LogP contribution in [0.15, 0.2) is 30.3 Å². The normalized spacial score (nSPS) is 23.8. The van der Waals surface area contributed by atoms with Gasteiger partial charge >= 0.3 is 0 Å². The minimum atomic E-state index is -0.199. The molecular formula is C19H26N2O2. The van der Waals surface area contributed by atoms with Crippen LogP contribution in [0, 0.1) is 5.92 Å². The second-order valence-electron chi connectivity index (χ2n) is 6.88. The standard InChI is InChI=1S/C19H26N2O2/c1-14(15-8-4-2-5-9-15)21-13-16(12-18(21)22)19(23)20-17-10-6-3-7-11-17/h2,4-5,8-9,14,16-17H,3,6-7,10-13H2,1H3,(H,20,23). The fourth-order valence-electron chi connectivity index (χ4n) is 3.76. The van der Waals surface area contributed by atoms with Crippen molar-refractivity contribution >= 4 is 11.8 Å². The maximum absolute atomic E-state index is 12.5. The number of rotatable bonds is 4. The van der Waals surface area contributed by atoms with Crippen molar-refractivity contribution in [3.05, 3.63) is 35.9 Å². The van der Waals surface area contributed by atoms with Crippen LogP contribution in [0.5, 0.6) is 0 Å². The summed E-state index contributed by atoms with van der Waals surface area (Å²) in [5, 5.41) is 3.16. The molecule has 124 valence electrons. The zero-order chi connectivity index (χ0) is 16.2. The number of nitrogens with one attached hydrogen (secondary N) is 1. The molecule has 2 unspecified atom stereocenters. The van der Waals surface area contributed by atoms with Crippen molar-refractivity contribution in [1.82, 2.24) is 10.2 Å². The van der Waals surface area contributed by atoms with E-state index in [0.717, 1.165) is 18.4 Å². The molecule has 1 aliphatic carbocycles. The van der Waals surface area contributed by atoms with Crippen molar-refractivity contribution in [3.8, 4) is 0 Å². The molecule has 23 heavy (non-hydrogen) atoms. The number of hydrogen-bond acceptors (Lipinski definition) is 2. The van der Waals surface area contributed by atoms with E-state index in [-0.39, 0.29) is 23.8 Å². The largest absolute Gasteiger partial charge is 0.353 e. The molecule has 1 saturated carbocycles. The molecule has 1 saturated heterocycles. The van der Waals surface area contributed by atoms with Gasteiger partial charge in [0.25, 0.3) is 0 Å². The van der Waals surface area contributed by atoms with Crippen LogP contribution in [0.2, 0.25) is 0 Å². The first-order valence-electron chi connectivity index (χ1n) is 8.80. The van der Waals surface area contributed by atoms with Crippen LogP contribution in [0.25, 0.3) is 0 Å². The highest BCUT2D eigenvalue weighted by Gasteiger charge is 2.37. The van der Waals surface area contributed by atoms with Crippen molar-refractivity contribution < 1.29 is 9.59 Å². The molecule has 1 aromatic carbocycles. The Bertz CT molecular complexity index is 552. The van der Waals surface area contributed by atoms with Gasteiger partial charge in [-0.1, -0.05) is 49.6 Å². The average Bonchev–Trinajstić information content (AvgIpc) is 2.98. The minimum absolute atomic E-state index is 0.0242. The zero-order valence-electron chi connectivity index (χ0n) is 13.8. The van der Waals surface area contributed by atoms with E-state index < -0.39 is 0 Å². The molecule has 0 spiro atoms. The maximum atomic E-state index is 12.5. The molecule has 2 atom stereocenters. The Labute approximate surface area is 138 Å². The lowest BCUT2D eigenvalue weighted by atomic mass is 9.95. The van der Waals surface area contributed by atoms with Gasteiger partial charge < -0.3 is 10.2 Å². The molecule has 0 radical (unpaired) electrons. The van der Waals surface area contributed by atoms with E-state index in [0.29, 0.717) is 19.0 Å². The second kappa shape index (κ2) is 7.16. The fourth-order valence-corrected chi connectivity index (χ4v) is 3.76. The third-order valence-electron chi connectivity index (χ3n) is 5.23. The van der Waals surface area contributed by atoms with Gasteiger partial charge in [-0.05, 0) is 25.3 Å². The van der Waals surface area contributed by atoms with E-state index >= 15 is 0 Å². The summed E-state index contributed by atoms with van der Waals surface area (Å²) in [5.41, 5.74) is 1.12. The quantitative estimate of drug-likeness (QED) is 0.928. The Kier molecular flexibility index (Phi) is 4.99. The highest BCUT2D eigenvalue weighted by molar-refractivity contribution is 5.89. The van der Waals surface area contributed by atoms with E-state index in [1.807, 2.05) is 42.2 Å². The van der Waals surface area contributed by atoms with E-state index in [1.54, 1.807) is 0 Å². The SMILES string of the molecule is CC(c1ccccc1)N1CC(C(=O)NC2CCCCC2)CC1=O. The first-order chi connectivity index (χ1) is 11.1. The smallest absolute Gasteiger partial charge is 0.225 e. The second-order valence-corrected chi connectivity index (χ2v) is 6.88. The third kappa shape index (κ3) is 3.74. The van der Waals surface area contributed by atoms with E-state index in [9.17, 15) is 9.59 Å². The summed E-state index contributed by atoms with van der Waals surface area (Å²) in [6.07, 6.45) is 6.18. The van der Waals surface area contributed by atoms with Crippen LogP contribution >= 0.6 is 0 Å². The lowest BCUT2D eigenvalue weighted by Crippen LogP contribution is -2.40. The van der Waals surface area contributed by atoms with E-state index in [1.165, 1.54) is 19.3 Å². The average molecular weight is 314 g/mol. The highest BCUT2D eigenvalue weighted by atomic mass is 16.2. The summed E-state index contributed by atoms with van der Waals surface area (Å²) >= 11 is 0. The van der Waals surface area contributed by atoms with Gasteiger partial charge in [-0.3, -0.25) is 9.59 Å². The third-order valence-corrected chi connectivity index (χ3v) is 5.23. The molecule has 1 heterocycles. The van der Waals surface area contributed by atoms with Gasteiger partial charge in [-0.2, -0.15) is 0 Å². The van der Waals surface area contributed by atoms with Crippen LogP contribution in [-0.2, 0) is 9.59 Å². The van der Waals surface area contributed by atoms with Crippen molar-refractivity contribution in [1.29, 1.82) is 0 Å². The molecule has 2 fully saturated rings. The summed E-state index contributed by atoms with van der Waals surface area (Å²) < 4.78 is 0. The number of carbonyl (C=O) groups is 2. The Morgan fingerprint density at radius 1 is 1.17 bits per heavy atom. The van der Waals surface area contributed by atoms with Crippen molar-refractivity contribution in [3.63, 3.8) is 0 Å². The van der Waals surface area contributed by atoms with E-state index in [4.69, 9.17) is 0 Å².